The van der Waals surface area contributed by atoms with Crippen LogP contribution in [0.2, 0.25) is 0 Å². The zero-order valence-corrected chi connectivity index (χ0v) is 8.21. The predicted octanol–water partition coefficient (Wildman–Crippen LogP) is 1.89. The zero-order chi connectivity index (χ0) is 10.3. The Labute approximate surface area is 86.1 Å². The molecule has 4 heteroatoms. The second kappa shape index (κ2) is 2.95. The molecule has 3 rings (SSSR count). The minimum Gasteiger partial charge on any atom is -0.481 e. The number of aromatic nitrogens is 3. The van der Waals surface area contributed by atoms with Gasteiger partial charge in [-0.2, -0.15) is 4.52 Å². The molecular weight excluding hydrogens is 190 g/mol. The maximum absolute atomic E-state index is 5.25. The van der Waals surface area contributed by atoms with Gasteiger partial charge in [-0.1, -0.05) is 29.5 Å². The van der Waals surface area contributed by atoms with Crippen molar-refractivity contribution in [3.05, 3.63) is 36.5 Å². The molecule has 0 radical (unpaired) electrons. The lowest BCUT2D eigenvalue weighted by Gasteiger charge is -2.05. The summed E-state index contributed by atoms with van der Waals surface area (Å²) in [5.41, 5.74) is 0.963. The van der Waals surface area contributed by atoms with Crippen LogP contribution in [0.3, 0.4) is 0 Å². The lowest BCUT2D eigenvalue weighted by molar-refractivity contribution is 0.385. The Morgan fingerprint density at radius 2 is 2.13 bits per heavy atom. The Balaban J connectivity index is 2.57. The van der Waals surface area contributed by atoms with E-state index in [0.29, 0.717) is 5.88 Å². The van der Waals surface area contributed by atoms with Gasteiger partial charge in [-0.05, 0) is 5.39 Å². The van der Waals surface area contributed by atoms with Crippen LogP contribution in [0.4, 0.5) is 0 Å². The molecule has 15 heavy (non-hydrogen) atoms. The molecule has 0 fully saturated rings. The number of pyridine rings is 1. The van der Waals surface area contributed by atoms with Gasteiger partial charge in [0.2, 0.25) is 5.88 Å². The van der Waals surface area contributed by atoms with Crippen LogP contribution in [-0.2, 0) is 0 Å². The first-order valence-corrected chi connectivity index (χ1v) is 4.66. The van der Waals surface area contributed by atoms with Crippen LogP contribution >= 0.6 is 0 Å². The molecule has 74 valence electrons. The van der Waals surface area contributed by atoms with Crippen LogP contribution in [0, 0.1) is 0 Å². The van der Waals surface area contributed by atoms with Crippen molar-refractivity contribution in [1.82, 2.24) is 14.8 Å². The topological polar surface area (TPSA) is 39.4 Å². The third-order valence-corrected chi connectivity index (χ3v) is 2.48. The third kappa shape index (κ3) is 1.08. The molecule has 0 N–H and O–H groups in total. The highest BCUT2D eigenvalue weighted by Crippen LogP contribution is 2.24. The Hall–Kier alpha value is -2.10. The molecule has 0 saturated heterocycles. The van der Waals surface area contributed by atoms with Gasteiger partial charge in [0, 0.05) is 11.5 Å². The van der Waals surface area contributed by atoms with Crippen molar-refractivity contribution in [2.24, 2.45) is 0 Å². The molecule has 4 nitrogen and oxygen atoms in total. The smallest absolute Gasteiger partial charge is 0.216 e. The van der Waals surface area contributed by atoms with Crippen molar-refractivity contribution >= 4 is 16.3 Å². The summed E-state index contributed by atoms with van der Waals surface area (Å²) in [6.07, 6.45) is 1.74. The SMILES string of the molecule is COc1cc2ccccc2c2cnnn12. The van der Waals surface area contributed by atoms with Gasteiger partial charge in [-0.15, -0.1) is 5.10 Å². The van der Waals surface area contributed by atoms with Crippen LogP contribution in [-0.4, -0.2) is 21.9 Å². The van der Waals surface area contributed by atoms with Gasteiger partial charge in [0.25, 0.3) is 0 Å². The predicted molar refractivity (Wildman–Crippen MR) is 57.0 cm³/mol. The minimum atomic E-state index is 0.696. The highest BCUT2D eigenvalue weighted by atomic mass is 16.5. The standard InChI is InChI=1S/C11H9N3O/c1-15-11-6-8-4-2-3-5-9(8)10-7-12-13-14(10)11/h2-7H,1H3. The molecule has 0 spiro atoms. The van der Waals surface area contributed by atoms with Gasteiger partial charge in [-0.3, -0.25) is 0 Å². The maximum Gasteiger partial charge on any atom is 0.216 e. The zero-order valence-electron chi connectivity index (χ0n) is 8.21. The minimum absolute atomic E-state index is 0.696. The molecule has 0 amide bonds. The largest absolute Gasteiger partial charge is 0.481 e. The first-order valence-electron chi connectivity index (χ1n) is 4.66. The third-order valence-electron chi connectivity index (χ3n) is 2.48. The lowest BCUT2D eigenvalue weighted by Crippen LogP contribution is -1.96. The molecule has 2 aromatic heterocycles. The second-order valence-electron chi connectivity index (χ2n) is 3.31. The van der Waals surface area contributed by atoms with Crippen LogP contribution < -0.4 is 4.74 Å². The summed E-state index contributed by atoms with van der Waals surface area (Å²) < 4.78 is 6.95. The molecule has 0 atom stereocenters. The van der Waals surface area contributed by atoms with Crippen molar-refractivity contribution in [3.63, 3.8) is 0 Å². The number of ether oxygens (including phenoxy) is 1. The Morgan fingerprint density at radius 1 is 1.27 bits per heavy atom. The van der Waals surface area contributed by atoms with Gasteiger partial charge >= 0.3 is 0 Å². The van der Waals surface area contributed by atoms with E-state index in [9.17, 15) is 0 Å². The summed E-state index contributed by atoms with van der Waals surface area (Å²) in [7, 11) is 1.63. The fourth-order valence-corrected chi connectivity index (χ4v) is 1.78. The van der Waals surface area contributed by atoms with E-state index in [1.807, 2.05) is 30.3 Å². The van der Waals surface area contributed by atoms with E-state index < -0.39 is 0 Å². The van der Waals surface area contributed by atoms with Crippen LogP contribution in [0.25, 0.3) is 16.3 Å². The summed E-state index contributed by atoms with van der Waals surface area (Å²) in [6, 6.07) is 10.1. The first-order chi connectivity index (χ1) is 7.40. The Morgan fingerprint density at radius 3 is 3.00 bits per heavy atom. The average molecular weight is 199 g/mol. The van der Waals surface area contributed by atoms with E-state index in [1.165, 1.54) is 0 Å². The average Bonchev–Trinajstić information content (AvgIpc) is 2.77. The summed E-state index contributed by atoms with van der Waals surface area (Å²) in [4.78, 5) is 0. The highest BCUT2D eigenvalue weighted by Gasteiger charge is 2.06. The number of fused-ring (bicyclic) bond motifs is 3. The van der Waals surface area contributed by atoms with Crippen molar-refractivity contribution in [2.45, 2.75) is 0 Å². The number of hydrogen-bond donors (Lipinski definition) is 0. The first kappa shape index (κ1) is 8.23. The van der Waals surface area contributed by atoms with E-state index in [1.54, 1.807) is 17.8 Å². The highest BCUT2D eigenvalue weighted by molar-refractivity contribution is 5.96. The van der Waals surface area contributed by atoms with Gasteiger partial charge in [0.05, 0.1) is 18.8 Å². The van der Waals surface area contributed by atoms with Crippen LogP contribution in [0.1, 0.15) is 0 Å². The summed E-state index contributed by atoms with van der Waals surface area (Å²) >= 11 is 0. The molecule has 1 aromatic carbocycles. The number of hydrogen-bond acceptors (Lipinski definition) is 3. The molecule has 0 aliphatic heterocycles. The van der Waals surface area contributed by atoms with Crippen LogP contribution in [0.5, 0.6) is 5.88 Å². The quantitative estimate of drug-likeness (QED) is 0.600. The van der Waals surface area contributed by atoms with Gasteiger partial charge in [0.15, 0.2) is 0 Å². The van der Waals surface area contributed by atoms with Gasteiger partial charge < -0.3 is 4.74 Å². The number of nitrogens with zero attached hydrogens (tertiary/aromatic N) is 3. The molecule has 3 aromatic rings. The van der Waals surface area contributed by atoms with Crippen molar-refractivity contribution in [3.8, 4) is 5.88 Å². The monoisotopic (exact) mass is 199 g/mol. The van der Waals surface area contributed by atoms with Crippen LogP contribution in [0.15, 0.2) is 36.5 Å². The Bertz CT molecular complexity index is 630. The summed E-state index contributed by atoms with van der Waals surface area (Å²) in [6.45, 7) is 0. The van der Waals surface area contributed by atoms with E-state index >= 15 is 0 Å². The van der Waals surface area contributed by atoms with E-state index in [2.05, 4.69) is 10.3 Å². The lowest BCUT2D eigenvalue weighted by atomic mass is 10.1. The van der Waals surface area contributed by atoms with Crippen molar-refractivity contribution in [1.29, 1.82) is 0 Å². The van der Waals surface area contributed by atoms with Crippen molar-refractivity contribution < 1.29 is 4.74 Å². The molecule has 0 aliphatic rings. The number of benzene rings is 1. The number of methoxy groups -OCH3 is 1. The maximum atomic E-state index is 5.25. The number of rotatable bonds is 1. The molecular formula is C11H9N3O. The van der Waals surface area contributed by atoms with Gasteiger partial charge in [-0.25, -0.2) is 0 Å². The molecule has 0 unspecified atom stereocenters. The van der Waals surface area contributed by atoms with E-state index in [-0.39, 0.29) is 0 Å². The fourth-order valence-electron chi connectivity index (χ4n) is 1.78. The Kier molecular flexibility index (Phi) is 1.62. The van der Waals surface area contributed by atoms with Gasteiger partial charge in [0.1, 0.15) is 0 Å². The molecule has 0 aliphatic carbocycles. The molecule has 0 bridgehead atoms. The van der Waals surface area contributed by atoms with E-state index in [4.69, 9.17) is 4.74 Å². The van der Waals surface area contributed by atoms with Crippen molar-refractivity contribution in [2.75, 3.05) is 7.11 Å². The fraction of sp³-hybridized carbons (Fsp3) is 0.0909. The van der Waals surface area contributed by atoms with E-state index in [0.717, 1.165) is 16.3 Å². The molecule has 0 saturated carbocycles. The molecule has 2 heterocycles. The summed E-state index contributed by atoms with van der Waals surface area (Å²) in [5.74, 6) is 0.696. The second-order valence-corrected chi connectivity index (χ2v) is 3.31. The normalized spacial score (nSPS) is 11.0. The summed E-state index contributed by atoms with van der Waals surface area (Å²) in [5, 5.41) is 10.1.